The Morgan fingerprint density at radius 1 is 1.29 bits per heavy atom. The van der Waals surface area contributed by atoms with Gasteiger partial charge in [0.15, 0.2) is 0 Å². The summed E-state index contributed by atoms with van der Waals surface area (Å²) < 4.78 is 0. The molecule has 0 saturated carbocycles. The highest BCUT2D eigenvalue weighted by atomic mass is 35.5. The first kappa shape index (κ1) is 14.2. The number of hydrogen-bond donors (Lipinski definition) is 2. The van der Waals surface area contributed by atoms with Crippen LogP contribution >= 0.6 is 11.6 Å². The summed E-state index contributed by atoms with van der Waals surface area (Å²) in [5.41, 5.74) is 0. The van der Waals surface area contributed by atoms with E-state index < -0.39 is 6.10 Å². The van der Waals surface area contributed by atoms with E-state index in [2.05, 4.69) is 15.3 Å². The molecule has 96 valence electrons. The van der Waals surface area contributed by atoms with Crippen LogP contribution in [-0.2, 0) is 0 Å². The summed E-state index contributed by atoms with van der Waals surface area (Å²) in [6, 6.07) is 1.67. The Morgan fingerprint density at radius 3 is 2.47 bits per heavy atom. The number of aromatic nitrogens is 2. The molecule has 1 rings (SSSR count). The van der Waals surface area contributed by atoms with Crippen molar-refractivity contribution in [2.75, 3.05) is 11.9 Å². The molecule has 1 atom stereocenters. The van der Waals surface area contributed by atoms with Crippen molar-refractivity contribution < 1.29 is 5.11 Å². The van der Waals surface area contributed by atoms with Gasteiger partial charge in [-0.1, -0.05) is 39.3 Å². The van der Waals surface area contributed by atoms with Gasteiger partial charge in [0.05, 0.1) is 6.10 Å². The second-order valence-corrected chi connectivity index (χ2v) is 5.17. The van der Waals surface area contributed by atoms with E-state index >= 15 is 0 Å². The molecule has 0 amide bonds. The monoisotopic (exact) mass is 257 g/mol. The molecule has 2 N–H and O–H groups in total. The average Bonchev–Trinajstić information content (AvgIpc) is 2.24. The van der Waals surface area contributed by atoms with E-state index in [9.17, 15) is 5.11 Å². The van der Waals surface area contributed by atoms with E-state index in [4.69, 9.17) is 11.6 Å². The zero-order valence-corrected chi connectivity index (χ0v) is 11.5. The van der Waals surface area contributed by atoms with Crippen LogP contribution in [0, 0.1) is 5.92 Å². The van der Waals surface area contributed by atoms with Crippen molar-refractivity contribution in [2.45, 2.75) is 39.7 Å². The fourth-order valence-corrected chi connectivity index (χ4v) is 1.42. The largest absolute Gasteiger partial charge is 0.391 e. The maximum absolute atomic E-state index is 9.70. The van der Waals surface area contributed by atoms with Gasteiger partial charge in [0.1, 0.15) is 16.8 Å². The van der Waals surface area contributed by atoms with E-state index in [-0.39, 0.29) is 11.8 Å². The van der Waals surface area contributed by atoms with Gasteiger partial charge in [-0.15, -0.1) is 0 Å². The molecule has 17 heavy (non-hydrogen) atoms. The molecule has 4 nitrogen and oxygen atoms in total. The minimum atomic E-state index is -0.397. The highest BCUT2D eigenvalue weighted by Crippen LogP contribution is 2.17. The second kappa shape index (κ2) is 6.17. The van der Waals surface area contributed by atoms with Crippen LogP contribution in [0.4, 0.5) is 5.82 Å². The second-order valence-electron chi connectivity index (χ2n) is 4.78. The third-order valence-corrected chi connectivity index (χ3v) is 2.68. The van der Waals surface area contributed by atoms with Crippen molar-refractivity contribution in [3.8, 4) is 0 Å². The van der Waals surface area contributed by atoms with Gasteiger partial charge in [0, 0.05) is 18.5 Å². The molecule has 0 saturated heterocycles. The molecule has 1 aromatic rings. The first-order chi connectivity index (χ1) is 7.90. The van der Waals surface area contributed by atoms with Gasteiger partial charge in [0.25, 0.3) is 0 Å². The first-order valence-corrected chi connectivity index (χ1v) is 6.24. The van der Waals surface area contributed by atoms with Crippen molar-refractivity contribution >= 4 is 17.4 Å². The molecule has 0 aromatic carbocycles. The third kappa shape index (κ3) is 4.48. The normalized spacial score (nSPS) is 13.2. The SMILES string of the molecule is CC(C)c1nc(Cl)cc(NCC(O)C(C)C)n1. The van der Waals surface area contributed by atoms with Crippen LogP contribution < -0.4 is 5.32 Å². The minimum absolute atomic E-state index is 0.212. The van der Waals surface area contributed by atoms with Crippen LogP contribution in [0.3, 0.4) is 0 Å². The van der Waals surface area contributed by atoms with E-state index in [1.807, 2.05) is 27.7 Å². The Morgan fingerprint density at radius 2 is 1.94 bits per heavy atom. The molecule has 1 heterocycles. The summed E-state index contributed by atoms with van der Waals surface area (Å²) in [5.74, 6) is 1.81. The molecule has 1 unspecified atom stereocenters. The number of aliphatic hydroxyl groups is 1. The molecule has 1 aromatic heterocycles. The fraction of sp³-hybridized carbons (Fsp3) is 0.667. The van der Waals surface area contributed by atoms with Crippen molar-refractivity contribution in [3.05, 3.63) is 17.0 Å². The van der Waals surface area contributed by atoms with Crippen LogP contribution in [0.15, 0.2) is 6.07 Å². The summed E-state index contributed by atoms with van der Waals surface area (Å²) in [5, 5.41) is 13.2. The number of anilines is 1. The Labute approximate surface area is 107 Å². The van der Waals surface area contributed by atoms with E-state index in [0.29, 0.717) is 23.3 Å². The predicted molar refractivity (Wildman–Crippen MR) is 70.5 cm³/mol. The van der Waals surface area contributed by atoms with Crippen molar-refractivity contribution in [1.82, 2.24) is 9.97 Å². The van der Waals surface area contributed by atoms with E-state index in [1.165, 1.54) is 0 Å². The number of halogens is 1. The fourth-order valence-electron chi connectivity index (χ4n) is 1.23. The highest BCUT2D eigenvalue weighted by Gasteiger charge is 2.11. The number of rotatable bonds is 5. The number of nitrogens with one attached hydrogen (secondary N) is 1. The van der Waals surface area contributed by atoms with Gasteiger partial charge in [0.2, 0.25) is 0 Å². The predicted octanol–water partition coefficient (Wildman–Crippen LogP) is 2.68. The Kier molecular flexibility index (Phi) is 5.15. The van der Waals surface area contributed by atoms with Crippen molar-refractivity contribution in [2.24, 2.45) is 5.92 Å². The Balaban J connectivity index is 2.71. The van der Waals surface area contributed by atoms with Gasteiger partial charge in [-0.05, 0) is 5.92 Å². The summed E-state index contributed by atoms with van der Waals surface area (Å²) >= 11 is 5.92. The number of hydrogen-bond acceptors (Lipinski definition) is 4. The molecule has 0 bridgehead atoms. The van der Waals surface area contributed by atoms with Crippen LogP contribution in [-0.4, -0.2) is 27.7 Å². The van der Waals surface area contributed by atoms with E-state index in [0.717, 1.165) is 0 Å². The van der Waals surface area contributed by atoms with Crippen LogP contribution in [0.25, 0.3) is 0 Å². The Hall–Kier alpha value is -0.870. The molecule has 0 aliphatic rings. The molecule has 0 aliphatic carbocycles. The first-order valence-electron chi connectivity index (χ1n) is 5.86. The lowest BCUT2D eigenvalue weighted by Gasteiger charge is -2.16. The molecular formula is C12H20ClN3O. The molecular weight excluding hydrogens is 238 g/mol. The standard InChI is InChI=1S/C12H20ClN3O/c1-7(2)9(17)6-14-11-5-10(13)15-12(16-11)8(3)4/h5,7-9,17H,6H2,1-4H3,(H,14,15,16). The van der Waals surface area contributed by atoms with Crippen molar-refractivity contribution in [3.63, 3.8) is 0 Å². The number of aliphatic hydroxyl groups excluding tert-OH is 1. The van der Waals surface area contributed by atoms with Gasteiger partial charge in [-0.25, -0.2) is 9.97 Å². The minimum Gasteiger partial charge on any atom is -0.391 e. The summed E-state index contributed by atoms with van der Waals surface area (Å²) in [6.07, 6.45) is -0.397. The van der Waals surface area contributed by atoms with Crippen molar-refractivity contribution in [1.29, 1.82) is 0 Å². The number of nitrogens with zero attached hydrogens (tertiary/aromatic N) is 2. The quantitative estimate of drug-likeness (QED) is 0.797. The van der Waals surface area contributed by atoms with Gasteiger partial charge in [-0.3, -0.25) is 0 Å². The lowest BCUT2D eigenvalue weighted by molar-refractivity contribution is 0.138. The summed E-state index contributed by atoms with van der Waals surface area (Å²) in [4.78, 5) is 8.49. The average molecular weight is 258 g/mol. The highest BCUT2D eigenvalue weighted by molar-refractivity contribution is 6.29. The molecule has 5 heteroatoms. The van der Waals surface area contributed by atoms with E-state index in [1.54, 1.807) is 6.07 Å². The van der Waals surface area contributed by atoms with Crippen LogP contribution in [0.2, 0.25) is 5.15 Å². The zero-order valence-electron chi connectivity index (χ0n) is 10.7. The third-order valence-electron chi connectivity index (χ3n) is 2.49. The lowest BCUT2D eigenvalue weighted by Crippen LogP contribution is -2.25. The van der Waals surface area contributed by atoms with Gasteiger partial charge >= 0.3 is 0 Å². The maximum Gasteiger partial charge on any atom is 0.135 e. The van der Waals surface area contributed by atoms with Crippen LogP contribution in [0.1, 0.15) is 39.4 Å². The molecule has 0 spiro atoms. The van der Waals surface area contributed by atoms with Gasteiger partial charge < -0.3 is 10.4 Å². The van der Waals surface area contributed by atoms with Gasteiger partial charge in [-0.2, -0.15) is 0 Å². The Bertz CT molecular complexity index is 369. The maximum atomic E-state index is 9.70. The smallest absolute Gasteiger partial charge is 0.135 e. The topological polar surface area (TPSA) is 58.0 Å². The summed E-state index contributed by atoms with van der Waals surface area (Å²) in [7, 11) is 0. The molecule has 0 aliphatic heterocycles. The molecule has 0 fully saturated rings. The molecule has 0 radical (unpaired) electrons. The summed E-state index contributed by atoms with van der Waals surface area (Å²) in [6.45, 7) is 8.43. The van der Waals surface area contributed by atoms with Crippen LogP contribution in [0.5, 0.6) is 0 Å². The zero-order chi connectivity index (χ0) is 13.0. The lowest BCUT2D eigenvalue weighted by atomic mass is 10.1.